The number of rotatable bonds is 6. The van der Waals surface area contributed by atoms with E-state index in [1.165, 1.54) is 5.56 Å². The zero-order valence-corrected chi connectivity index (χ0v) is 14.8. The van der Waals surface area contributed by atoms with E-state index in [4.69, 9.17) is 0 Å². The van der Waals surface area contributed by atoms with E-state index in [-0.39, 0.29) is 0 Å². The number of aromatic nitrogens is 1. The molecule has 0 spiro atoms. The molecule has 2 aromatic carbocycles. The summed E-state index contributed by atoms with van der Waals surface area (Å²) in [5, 5.41) is 7.46. The van der Waals surface area contributed by atoms with Gasteiger partial charge in [-0.3, -0.25) is 5.43 Å². The Balaban J connectivity index is 1.76. The van der Waals surface area contributed by atoms with Crippen LogP contribution in [0.15, 0.2) is 65.1 Å². The van der Waals surface area contributed by atoms with Crippen molar-refractivity contribution in [3.8, 4) is 11.3 Å². The molecule has 0 radical (unpaired) electrons. The minimum atomic E-state index is 0.815. The molecule has 0 saturated carbocycles. The number of benzene rings is 2. The van der Waals surface area contributed by atoms with Crippen molar-refractivity contribution in [2.45, 2.75) is 26.7 Å². The molecular weight excluding hydrogens is 314 g/mol. The Kier molecular flexibility index (Phi) is 5.39. The van der Waals surface area contributed by atoms with Crippen LogP contribution >= 0.6 is 11.3 Å². The maximum atomic E-state index is 4.64. The lowest BCUT2D eigenvalue weighted by Crippen LogP contribution is -2.04. The van der Waals surface area contributed by atoms with E-state index in [0.717, 1.165) is 40.5 Å². The molecule has 4 heteroatoms. The van der Waals surface area contributed by atoms with Crippen molar-refractivity contribution in [1.82, 2.24) is 4.98 Å². The first-order valence-electron chi connectivity index (χ1n) is 8.17. The van der Waals surface area contributed by atoms with Crippen LogP contribution in [0.2, 0.25) is 0 Å². The third-order valence-electron chi connectivity index (χ3n) is 3.73. The minimum absolute atomic E-state index is 0.815. The molecule has 0 amide bonds. The van der Waals surface area contributed by atoms with E-state index in [1.54, 1.807) is 11.3 Å². The number of hydrogen-bond acceptors (Lipinski definition) is 4. The molecule has 3 nitrogen and oxygen atoms in total. The number of aryl methyl sites for hydroxylation is 1. The van der Waals surface area contributed by atoms with E-state index < -0.39 is 0 Å². The van der Waals surface area contributed by atoms with Crippen molar-refractivity contribution in [2.75, 3.05) is 5.43 Å². The highest BCUT2D eigenvalue weighted by atomic mass is 32.1. The molecular formula is C20H21N3S. The quantitative estimate of drug-likeness (QED) is 0.461. The van der Waals surface area contributed by atoms with Crippen LogP contribution < -0.4 is 5.43 Å². The zero-order valence-electron chi connectivity index (χ0n) is 14.0. The Labute approximate surface area is 147 Å². The van der Waals surface area contributed by atoms with Gasteiger partial charge in [-0.2, -0.15) is 5.10 Å². The Morgan fingerprint density at radius 3 is 2.54 bits per heavy atom. The molecule has 0 saturated heterocycles. The number of hydrogen-bond donors (Lipinski definition) is 1. The van der Waals surface area contributed by atoms with Gasteiger partial charge in [0, 0.05) is 10.9 Å². The van der Waals surface area contributed by atoms with Crippen molar-refractivity contribution < 1.29 is 0 Å². The van der Waals surface area contributed by atoms with Gasteiger partial charge in [0.1, 0.15) is 0 Å². The lowest BCUT2D eigenvalue weighted by Gasteiger charge is -2.05. The Bertz CT molecular complexity index is 804. The van der Waals surface area contributed by atoms with Crippen LogP contribution in [0.25, 0.3) is 11.3 Å². The standard InChI is InChI=1S/C20H21N3S/c1-3-7-18(16-8-5-4-6-9-16)22-23-20-21-19(14-24-20)17-12-10-15(2)11-13-17/h4-6,8-14H,3,7H2,1-2H3,(H,21,23)/b22-18-. The first kappa shape index (κ1) is 16.4. The van der Waals surface area contributed by atoms with Crippen molar-refractivity contribution in [3.05, 3.63) is 71.1 Å². The molecule has 0 aliphatic heterocycles. The lowest BCUT2D eigenvalue weighted by atomic mass is 10.1. The second kappa shape index (κ2) is 7.88. The third-order valence-corrected chi connectivity index (χ3v) is 4.48. The van der Waals surface area contributed by atoms with E-state index >= 15 is 0 Å². The van der Waals surface area contributed by atoms with Crippen LogP contribution in [0.5, 0.6) is 0 Å². The Morgan fingerprint density at radius 2 is 1.83 bits per heavy atom. The predicted octanol–water partition coefficient (Wildman–Crippen LogP) is 5.73. The molecule has 122 valence electrons. The summed E-state index contributed by atoms with van der Waals surface area (Å²) in [5.74, 6) is 0. The average Bonchev–Trinajstić information content (AvgIpc) is 3.09. The second-order valence-electron chi connectivity index (χ2n) is 5.69. The fourth-order valence-corrected chi connectivity index (χ4v) is 3.09. The summed E-state index contributed by atoms with van der Waals surface area (Å²) in [6.45, 7) is 4.25. The van der Waals surface area contributed by atoms with E-state index in [2.05, 4.69) is 71.1 Å². The van der Waals surface area contributed by atoms with Gasteiger partial charge in [-0.05, 0) is 18.9 Å². The van der Waals surface area contributed by atoms with E-state index in [1.807, 2.05) is 18.2 Å². The molecule has 1 N–H and O–H groups in total. The van der Waals surface area contributed by atoms with Gasteiger partial charge in [-0.25, -0.2) is 4.98 Å². The fourth-order valence-electron chi connectivity index (χ4n) is 2.43. The van der Waals surface area contributed by atoms with Gasteiger partial charge >= 0.3 is 0 Å². The summed E-state index contributed by atoms with van der Waals surface area (Å²) in [6, 6.07) is 18.7. The predicted molar refractivity (Wildman–Crippen MR) is 104 cm³/mol. The topological polar surface area (TPSA) is 37.3 Å². The SMILES string of the molecule is CCC/C(=N/Nc1nc(-c2ccc(C)cc2)cs1)c1ccccc1. The number of thiazole rings is 1. The molecule has 3 aromatic rings. The van der Waals surface area contributed by atoms with Crippen LogP contribution in [-0.4, -0.2) is 10.7 Å². The molecule has 0 aliphatic carbocycles. The molecule has 0 atom stereocenters. The normalized spacial score (nSPS) is 11.5. The third kappa shape index (κ3) is 4.09. The summed E-state index contributed by atoms with van der Waals surface area (Å²) >= 11 is 1.57. The van der Waals surface area contributed by atoms with Gasteiger partial charge in [0.05, 0.1) is 11.4 Å². The Hall–Kier alpha value is -2.46. The number of nitrogens with one attached hydrogen (secondary N) is 1. The number of hydrazone groups is 1. The summed E-state index contributed by atoms with van der Waals surface area (Å²) in [4.78, 5) is 4.64. The van der Waals surface area contributed by atoms with Gasteiger partial charge in [-0.1, -0.05) is 73.5 Å². The van der Waals surface area contributed by atoms with Crippen LogP contribution in [0.3, 0.4) is 0 Å². The molecule has 0 bridgehead atoms. The maximum Gasteiger partial charge on any atom is 0.203 e. The van der Waals surface area contributed by atoms with Crippen molar-refractivity contribution in [3.63, 3.8) is 0 Å². The second-order valence-corrected chi connectivity index (χ2v) is 6.55. The van der Waals surface area contributed by atoms with Crippen molar-refractivity contribution in [2.24, 2.45) is 5.10 Å². The van der Waals surface area contributed by atoms with Crippen molar-refractivity contribution >= 4 is 22.2 Å². The summed E-state index contributed by atoms with van der Waals surface area (Å²) in [7, 11) is 0. The van der Waals surface area contributed by atoms with Crippen LogP contribution in [0.4, 0.5) is 5.13 Å². The highest BCUT2D eigenvalue weighted by Crippen LogP contribution is 2.25. The first-order valence-corrected chi connectivity index (χ1v) is 9.05. The highest BCUT2D eigenvalue weighted by molar-refractivity contribution is 7.14. The first-order chi connectivity index (χ1) is 11.8. The fraction of sp³-hybridized carbons (Fsp3) is 0.200. The van der Waals surface area contributed by atoms with Crippen LogP contribution in [0, 0.1) is 6.92 Å². The van der Waals surface area contributed by atoms with E-state index in [0.29, 0.717) is 0 Å². The summed E-state index contributed by atoms with van der Waals surface area (Å²) < 4.78 is 0. The molecule has 0 unspecified atom stereocenters. The van der Waals surface area contributed by atoms with Crippen LogP contribution in [-0.2, 0) is 0 Å². The lowest BCUT2D eigenvalue weighted by molar-refractivity contribution is 0.987. The van der Waals surface area contributed by atoms with Gasteiger partial charge in [0.15, 0.2) is 0 Å². The van der Waals surface area contributed by atoms with Crippen LogP contribution in [0.1, 0.15) is 30.9 Å². The molecule has 0 aliphatic rings. The van der Waals surface area contributed by atoms with Crippen molar-refractivity contribution in [1.29, 1.82) is 0 Å². The number of nitrogens with zero attached hydrogens (tertiary/aromatic N) is 2. The maximum absolute atomic E-state index is 4.64. The zero-order chi connectivity index (χ0) is 16.8. The average molecular weight is 335 g/mol. The largest absolute Gasteiger partial charge is 0.252 e. The van der Waals surface area contributed by atoms with Gasteiger partial charge in [0.25, 0.3) is 0 Å². The molecule has 0 fully saturated rings. The molecule has 1 heterocycles. The van der Waals surface area contributed by atoms with Gasteiger partial charge in [0.2, 0.25) is 5.13 Å². The molecule has 24 heavy (non-hydrogen) atoms. The van der Waals surface area contributed by atoms with Gasteiger partial charge < -0.3 is 0 Å². The molecule has 3 rings (SSSR count). The Morgan fingerprint density at radius 1 is 1.08 bits per heavy atom. The molecule has 1 aromatic heterocycles. The van der Waals surface area contributed by atoms with Gasteiger partial charge in [-0.15, -0.1) is 11.3 Å². The number of anilines is 1. The highest BCUT2D eigenvalue weighted by Gasteiger charge is 2.06. The monoisotopic (exact) mass is 335 g/mol. The summed E-state index contributed by atoms with van der Waals surface area (Å²) in [5.41, 5.74) is 8.71. The smallest absolute Gasteiger partial charge is 0.203 e. The van der Waals surface area contributed by atoms with E-state index in [9.17, 15) is 0 Å². The summed E-state index contributed by atoms with van der Waals surface area (Å²) in [6.07, 6.45) is 2.00. The minimum Gasteiger partial charge on any atom is -0.252 e.